The van der Waals surface area contributed by atoms with E-state index in [0.29, 0.717) is 12.1 Å². The van der Waals surface area contributed by atoms with Gasteiger partial charge in [0.1, 0.15) is 6.73 Å². The first-order chi connectivity index (χ1) is 14.3. The monoisotopic (exact) mass is 383 g/mol. The molecule has 1 aromatic heterocycles. The van der Waals surface area contributed by atoms with Gasteiger partial charge in [0.2, 0.25) is 0 Å². The van der Waals surface area contributed by atoms with Crippen molar-refractivity contribution in [3.8, 4) is 11.3 Å². The Hall–Kier alpha value is -3.44. The zero-order chi connectivity index (χ0) is 19.6. The molecule has 5 rings (SSSR count). The molecule has 5 nitrogen and oxygen atoms in total. The fourth-order valence-corrected chi connectivity index (χ4v) is 3.89. The van der Waals surface area contributed by atoms with Gasteiger partial charge in [-0.15, -0.1) is 0 Å². The van der Waals surface area contributed by atoms with Gasteiger partial charge < -0.3 is 9.64 Å². The number of hydrogen-bond acceptors (Lipinski definition) is 4. The van der Waals surface area contributed by atoms with E-state index in [1.807, 2.05) is 42.5 Å². The van der Waals surface area contributed by atoms with Crippen molar-refractivity contribution in [3.63, 3.8) is 0 Å². The van der Waals surface area contributed by atoms with E-state index in [4.69, 9.17) is 4.74 Å². The highest BCUT2D eigenvalue weighted by molar-refractivity contribution is 5.93. The van der Waals surface area contributed by atoms with Gasteiger partial charge in [0.05, 0.1) is 17.2 Å². The number of nitrogens with one attached hydrogen (secondary N) is 1. The van der Waals surface area contributed by atoms with Crippen molar-refractivity contribution in [2.45, 2.75) is 12.5 Å². The fourth-order valence-electron chi connectivity index (χ4n) is 3.89. The van der Waals surface area contributed by atoms with Crippen molar-refractivity contribution < 1.29 is 4.74 Å². The SMILES string of the molecule is O=c1[nH]nc(-c2ccc(N3COC(Cc4ccccc4)C3)cc2)c2ccccc12. The molecule has 1 saturated heterocycles. The summed E-state index contributed by atoms with van der Waals surface area (Å²) >= 11 is 0. The van der Waals surface area contributed by atoms with Crippen LogP contribution in [-0.2, 0) is 11.2 Å². The Morgan fingerprint density at radius 1 is 0.931 bits per heavy atom. The minimum absolute atomic E-state index is 0.167. The second-order valence-electron chi connectivity index (χ2n) is 7.32. The largest absolute Gasteiger partial charge is 0.356 e. The van der Waals surface area contributed by atoms with Gasteiger partial charge in [0, 0.05) is 29.6 Å². The molecule has 144 valence electrons. The summed E-state index contributed by atoms with van der Waals surface area (Å²) in [5.41, 5.74) is 4.01. The van der Waals surface area contributed by atoms with Crippen LogP contribution < -0.4 is 10.5 Å². The molecule has 0 aliphatic carbocycles. The highest BCUT2D eigenvalue weighted by atomic mass is 16.5. The Bertz CT molecular complexity index is 1190. The topological polar surface area (TPSA) is 58.2 Å². The van der Waals surface area contributed by atoms with Gasteiger partial charge in [-0.3, -0.25) is 4.79 Å². The van der Waals surface area contributed by atoms with Crippen LogP contribution in [-0.4, -0.2) is 29.6 Å². The highest BCUT2D eigenvalue weighted by Gasteiger charge is 2.23. The lowest BCUT2D eigenvalue weighted by Gasteiger charge is -2.17. The predicted molar refractivity (Wildman–Crippen MR) is 115 cm³/mol. The number of benzene rings is 3. The van der Waals surface area contributed by atoms with Gasteiger partial charge in [0.25, 0.3) is 5.56 Å². The van der Waals surface area contributed by atoms with Gasteiger partial charge in [0.15, 0.2) is 0 Å². The summed E-state index contributed by atoms with van der Waals surface area (Å²) in [5.74, 6) is 0. The third-order valence-corrected chi connectivity index (χ3v) is 5.40. The van der Waals surface area contributed by atoms with Gasteiger partial charge in [-0.2, -0.15) is 5.10 Å². The molecule has 0 spiro atoms. The quantitative estimate of drug-likeness (QED) is 0.579. The van der Waals surface area contributed by atoms with Gasteiger partial charge in [-0.25, -0.2) is 5.10 Å². The lowest BCUT2D eigenvalue weighted by atomic mass is 10.0. The molecule has 1 fully saturated rings. The normalized spacial score (nSPS) is 16.4. The average Bonchev–Trinajstić information content (AvgIpc) is 3.24. The molecule has 1 aliphatic heterocycles. The van der Waals surface area contributed by atoms with Gasteiger partial charge in [-0.05, 0) is 23.8 Å². The van der Waals surface area contributed by atoms with Crippen molar-refractivity contribution in [2.75, 3.05) is 18.2 Å². The van der Waals surface area contributed by atoms with Crippen molar-refractivity contribution >= 4 is 16.5 Å². The molecule has 1 atom stereocenters. The van der Waals surface area contributed by atoms with Crippen molar-refractivity contribution in [3.05, 3.63) is 94.8 Å². The molecule has 4 aromatic rings. The van der Waals surface area contributed by atoms with Crippen molar-refractivity contribution in [1.82, 2.24) is 10.2 Å². The fraction of sp³-hybridized carbons (Fsp3) is 0.167. The Kier molecular flexibility index (Phi) is 4.58. The van der Waals surface area contributed by atoms with E-state index in [9.17, 15) is 4.79 Å². The Morgan fingerprint density at radius 3 is 2.45 bits per heavy atom. The van der Waals surface area contributed by atoms with Crippen LogP contribution in [0.5, 0.6) is 0 Å². The van der Waals surface area contributed by atoms with Crippen LogP contribution in [0.25, 0.3) is 22.0 Å². The molecule has 5 heteroatoms. The Balaban J connectivity index is 1.35. The Morgan fingerprint density at radius 2 is 1.66 bits per heavy atom. The second kappa shape index (κ2) is 7.53. The minimum atomic E-state index is -0.167. The maximum absolute atomic E-state index is 12.0. The van der Waals surface area contributed by atoms with Crippen LogP contribution in [0.15, 0.2) is 83.7 Å². The third kappa shape index (κ3) is 3.52. The first-order valence-electron chi connectivity index (χ1n) is 9.76. The molecule has 0 bridgehead atoms. The van der Waals surface area contributed by atoms with Crippen LogP contribution >= 0.6 is 0 Å². The van der Waals surface area contributed by atoms with Crippen LogP contribution in [0, 0.1) is 0 Å². The molecule has 1 N–H and O–H groups in total. The van der Waals surface area contributed by atoms with Crippen LogP contribution in [0.1, 0.15) is 5.56 Å². The summed E-state index contributed by atoms with van der Waals surface area (Å²) < 4.78 is 5.98. The molecular formula is C24H21N3O2. The molecule has 1 aliphatic rings. The standard InChI is InChI=1S/C24H21N3O2/c28-24-22-9-5-4-8-21(22)23(25-26-24)18-10-12-19(13-11-18)27-15-20(29-16-27)14-17-6-2-1-3-7-17/h1-13,20H,14-16H2,(H,26,28). The summed E-state index contributed by atoms with van der Waals surface area (Å²) in [6.45, 7) is 1.46. The maximum Gasteiger partial charge on any atom is 0.272 e. The number of aromatic nitrogens is 2. The number of hydrogen-bond donors (Lipinski definition) is 1. The van der Waals surface area contributed by atoms with Crippen LogP contribution in [0.4, 0.5) is 5.69 Å². The van der Waals surface area contributed by atoms with Crippen molar-refractivity contribution in [2.24, 2.45) is 0 Å². The second-order valence-corrected chi connectivity index (χ2v) is 7.32. The first kappa shape index (κ1) is 17.6. The third-order valence-electron chi connectivity index (χ3n) is 5.40. The van der Waals surface area contributed by atoms with Gasteiger partial charge >= 0.3 is 0 Å². The highest BCUT2D eigenvalue weighted by Crippen LogP contribution is 2.28. The maximum atomic E-state index is 12.0. The van der Waals surface area contributed by atoms with E-state index in [2.05, 4.69) is 51.5 Å². The molecule has 2 heterocycles. The number of aromatic amines is 1. The molecule has 0 radical (unpaired) electrons. The summed E-state index contributed by atoms with van der Waals surface area (Å²) in [4.78, 5) is 14.3. The smallest absolute Gasteiger partial charge is 0.272 e. The first-order valence-corrected chi connectivity index (χ1v) is 9.76. The van der Waals surface area contributed by atoms with Gasteiger partial charge in [-0.1, -0.05) is 60.7 Å². The predicted octanol–water partition coefficient (Wildman–Crippen LogP) is 4.00. The molecule has 0 amide bonds. The number of H-pyrrole nitrogens is 1. The molecule has 0 saturated carbocycles. The molecule has 3 aromatic carbocycles. The van der Waals surface area contributed by atoms with E-state index in [-0.39, 0.29) is 11.7 Å². The van der Waals surface area contributed by atoms with E-state index < -0.39 is 0 Å². The van der Waals surface area contributed by atoms with E-state index in [0.717, 1.165) is 35.3 Å². The van der Waals surface area contributed by atoms with Crippen molar-refractivity contribution in [1.29, 1.82) is 0 Å². The summed E-state index contributed by atoms with van der Waals surface area (Å²) in [5, 5.41) is 8.40. The van der Waals surface area contributed by atoms with E-state index in [1.165, 1.54) is 5.56 Å². The summed E-state index contributed by atoms with van der Waals surface area (Å²) in [6, 6.07) is 26.3. The minimum Gasteiger partial charge on any atom is -0.356 e. The number of anilines is 1. The number of rotatable bonds is 4. The molecule has 1 unspecified atom stereocenters. The summed E-state index contributed by atoms with van der Waals surface area (Å²) in [7, 11) is 0. The molecule has 29 heavy (non-hydrogen) atoms. The van der Waals surface area contributed by atoms with Crippen LogP contribution in [0.2, 0.25) is 0 Å². The average molecular weight is 383 g/mol. The molecular weight excluding hydrogens is 362 g/mol. The van der Waals surface area contributed by atoms with Crippen LogP contribution in [0.3, 0.4) is 0 Å². The Labute approximate surface area is 168 Å². The lowest BCUT2D eigenvalue weighted by Crippen LogP contribution is -2.22. The number of fused-ring (bicyclic) bond motifs is 1. The number of nitrogens with zero attached hydrogens (tertiary/aromatic N) is 2. The number of ether oxygens (including phenoxy) is 1. The lowest BCUT2D eigenvalue weighted by molar-refractivity contribution is 0.117. The summed E-state index contributed by atoms with van der Waals surface area (Å²) in [6.07, 6.45) is 1.12. The van der Waals surface area contributed by atoms with E-state index >= 15 is 0 Å². The zero-order valence-corrected chi connectivity index (χ0v) is 15.9. The van der Waals surface area contributed by atoms with E-state index in [1.54, 1.807) is 0 Å². The zero-order valence-electron chi connectivity index (χ0n) is 15.9.